The minimum Gasteiger partial charge on any atom is -0.424 e. The van der Waals surface area contributed by atoms with E-state index in [1.54, 1.807) is 12.1 Å². The average Bonchev–Trinajstić information content (AvgIpc) is 3.62. The van der Waals surface area contributed by atoms with Gasteiger partial charge in [0.25, 0.3) is 23.6 Å². The van der Waals surface area contributed by atoms with Gasteiger partial charge in [-0.2, -0.15) is 0 Å². The van der Waals surface area contributed by atoms with E-state index in [9.17, 15) is 28.8 Å². The Bertz CT molecular complexity index is 2680. The van der Waals surface area contributed by atoms with Gasteiger partial charge in [0.15, 0.2) is 0 Å². The molecule has 0 radical (unpaired) electrons. The van der Waals surface area contributed by atoms with Crippen LogP contribution in [-0.2, 0) is 14.9 Å². The van der Waals surface area contributed by atoms with Gasteiger partial charge in [0.2, 0.25) is 6.79 Å². The second-order valence-electron chi connectivity index (χ2n) is 14.8. The smallest absolute Gasteiger partial charge is 0.341 e. The van der Waals surface area contributed by atoms with Crippen molar-refractivity contribution in [1.82, 2.24) is 4.90 Å². The number of carbonyl (C=O) groups excluding carboxylic acids is 6. The fraction of sp³-hybridized carbons (Fsp3) is 0.125. The van der Waals surface area contributed by atoms with Crippen LogP contribution in [0, 0.1) is 6.92 Å². The number of benzene rings is 6. The number of ether oxygens (including phenoxy) is 2. The first-order valence-corrected chi connectivity index (χ1v) is 18.5. The van der Waals surface area contributed by atoms with Crippen LogP contribution in [0.2, 0.25) is 0 Å². The van der Waals surface area contributed by atoms with Crippen LogP contribution in [0.1, 0.15) is 92.7 Å². The van der Waals surface area contributed by atoms with Crippen molar-refractivity contribution in [3.8, 4) is 22.3 Å². The molecule has 10 nitrogen and oxygen atoms in total. The van der Waals surface area contributed by atoms with Gasteiger partial charge in [-0.05, 0) is 88.8 Å². The predicted octanol–water partition coefficient (Wildman–Crippen LogP) is 8.65. The van der Waals surface area contributed by atoms with Crippen molar-refractivity contribution in [2.75, 3.05) is 18.7 Å². The second kappa shape index (κ2) is 14.6. The molecular formula is C48H36N2O8. The summed E-state index contributed by atoms with van der Waals surface area (Å²) < 4.78 is 10.2. The molecule has 4 amide bonds. The van der Waals surface area contributed by atoms with Crippen LogP contribution >= 0.6 is 0 Å². The monoisotopic (exact) mass is 768 g/mol. The molecule has 0 unspecified atom stereocenters. The summed E-state index contributed by atoms with van der Waals surface area (Å²) in [6.45, 7) is 5.73. The number of aryl methyl sites for hydroxylation is 1. The Morgan fingerprint density at radius 3 is 1.36 bits per heavy atom. The lowest BCUT2D eigenvalue weighted by molar-refractivity contribution is -0.0167. The molecule has 0 spiro atoms. The molecule has 8 rings (SSSR count). The number of rotatable bonds is 9. The van der Waals surface area contributed by atoms with Crippen LogP contribution in [0.3, 0.4) is 0 Å². The highest BCUT2D eigenvalue weighted by Crippen LogP contribution is 2.36. The van der Waals surface area contributed by atoms with Gasteiger partial charge in [-0.1, -0.05) is 104 Å². The number of hydrogen-bond acceptors (Lipinski definition) is 8. The number of imide groups is 2. The summed E-state index contributed by atoms with van der Waals surface area (Å²) in [5.41, 5.74) is 8.35. The summed E-state index contributed by atoms with van der Waals surface area (Å²) >= 11 is 0. The van der Waals surface area contributed by atoms with Crippen molar-refractivity contribution in [3.63, 3.8) is 0 Å². The lowest BCUT2D eigenvalue weighted by Crippen LogP contribution is -2.29. The number of hydrogen-bond donors (Lipinski definition) is 0. The molecular weight excluding hydrogens is 733 g/mol. The van der Waals surface area contributed by atoms with Crippen molar-refractivity contribution in [2.45, 2.75) is 26.2 Å². The van der Waals surface area contributed by atoms with E-state index in [1.165, 1.54) is 65.7 Å². The van der Waals surface area contributed by atoms with Crippen molar-refractivity contribution in [2.24, 2.45) is 0 Å². The Labute approximate surface area is 334 Å². The Kier molecular flexibility index (Phi) is 9.40. The zero-order valence-electron chi connectivity index (χ0n) is 32.1. The first kappa shape index (κ1) is 37.5. The number of anilines is 1. The van der Waals surface area contributed by atoms with Crippen LogP contribution in [0.5, 0.6) is 0 Å². The standard InChI is InChI=1S/C48H36N2O8/c1-28-5-7-29(8-6-28)30-9-17-35(18-10-30)48(2,3)36-19-11-31(12-20-36)32-13-21-37(22-14-32)50-44(53)39-24-16-34(26-41(39)45(50)54)47(56)58-27-57-46(55)33-15-23-38-40(25-33)43(52)49(4)42(38)51/h5-26H,27H2,1-4H3. The van der Waals surface area contributed by atoms with Crippen LogP contribution in [0.4, 0.5) is 5.69 Å². The molecule has 0 N–H and O–H groups in total. The second-order valence-corrected chi connectivity index (χ2v) is 14.8. The van der Waals surface area contributed by atoms with E-state index in [0.29, 0.717) is 5.69 Å². The number of esters is 2. The molecule has 0 aromatic heterocycles. The first-order valence-electron chi connectivity index (χ1n) is 18.5. The highest BCUT2D eigenvalue weighted by molar-refractivity contribution is 6.34. The molecule has 0 saturated carbocycles. The van der Waals surface area contributed by atoms with Crippen molar-refractivity contribution in [3.05, 3.63) is 184 Å². The molecule has 0 fully saturated rings. The first-order chi connectivity index (χ1) is 27.8. The van der Waals surface area contributed by atoms with E-state index in [1.807, 2.05) is 12.1 Å². The summed E-state index contributed by atoms with van der Waals surface area (Å²) in [7, 11) is 1.34. The molecule has 0 saturated heterocycles. The highest BCUT2D eigenvalue weighted by Gasteiger charge is 2.38. The van der Waals surface area contributed by atoms with Crippen LogP contribution in [0.15, 0.2) is 133 Å². The third-order valence-corrected chi connectivity index (χ3v) is 10.9. The number of amides is 4. The quantitative estimate of drug-likeness (QED) is 0.0813. The number of carbonyl (C=O) groups is 6. The molecule has 0 atom stereocenters. The molecule has 58 heavy (non-hydrogen) atoms. The van der Waals surface area contributed by atoms with Gasteiger partial charge in [-0.15, -0.1) is 0 Å². The zero-order valence-corrected chi connectivity index (χ0v) is 32.1. The van der Waals surface area contributed by atoms with E-state index < -0.39 is 42.4 Å². The third-order valence-electron chi connectivity index (χ3n) is 10.9. The van der Waals surface area contributed by atoms with Crippen LogP contribution in [-0.4, -0.2) is 54.3 Å². The van der Waals surface area contributed by atoms with Gasteiger partial charge in [-0.3, -0.25) is 24.1 Å². The molecule has 2 aliphatic heterocycles. The molecule has 6 aromatic rings. The van der Waals surface area contributed by atoms with Gasteiger partial charge in [0, 0.05) is 12.5 Å². The molecule has 286 valence electrons. The van der Waals surface area contributed by atoms with Crippen molar-refractivity contribution in [1.29, 1.82) is 0 Å². The van der Waals surface area contributed by atoms with Crippen molar-refractivity contribution < 1.29 is 38.2 Å². The molecule has 6 aromatic carbocycles. The van der Waals surface area contributed by atoms with Gasteiger partial charge in [0.05, 0.1) is 39.1 Å². The lowest BCUT2D eigenvalue weighted by atomic mass is 9.77. The summed E-state index contributed by atoms with van der Waals surface area (Å²) in [6.07, 6.45) is 0. The number of fused-ring (bicyclic) bond motifs is 2. The maximum absolute atomic E-state index is 13.5. The molecule has 2 aliphatic rings. The largest absolute Gasteiger partial charge is 0.424 e. The molecule has 10 heteroatoms. The van der Waals surface area contributed by atoms with Gasteiger partial charge < -0.3 is 9.47 Å². The Morgan fingerprint density at radius 1 is 0.500 bits per heavy atom. The van der Waals surface area contributed by atoms with Crippen LogP contribution in [0.25, 0.3) is 22.3 Å². The van der Waals surface area contributed by atoms with Crippen LogP contribution < -0.4 is 4.90 Å². The lowest BCUT2D eigenvalue weighted by Gasteiger charge is -2.26. The number of nitrogens with zero attached hydrogens (tertiary/aromatic N) is 2. The topological polar surface area (TPSA) is 127 Å². The zero-order chi connectivity index (χ0) is 40.9. The highest BCUT2D eigenvalue weighted by atomic mass is 16.7. The van der Waals surface area contributed by atoms with E-state index in [2.05, 4.69) is 93.6 Å². The molecule has 2 heterocycles. The fourth-order valence-electron chi connectivity index (χ4n) is 7.27. The van der Waals surface area contributed by atoms with E-state index in [0.717, 1.165) is 26.5 Å². The van der Waals surface area contributed by atoms with E-state index in [-0.39, 0.29) is 38.8 Å². The maximum Gasteiger partial charge on any atom is 0.341 e. The summed E-state index contributed by atoms with van der Waals surface area (Å²) in [5.74, 6) is -3.90. The summed E-state index contributed by atoms with van der Waals surface area (Å²) in [6, 6.07) is 40.6. The molecule has 0 bridgehead atoms. The normalized spacial score (nSPS) is 13.4. The fourth-order valence-corrected chi connectivity index (χ4v) is 7.27. The van der Waals surface area contributed by atoms with Gasteiger partial charge in [0.1, 0.15) is 0 Å². The summed E-state index contributed by atoms with van der Waals surface area (Å²) in [4.78, 5) is 78.8. The minimum absolute atomic E-state index is 0.00468. The predicted molar refractivity (Wildman–Crippen MR) is 217 cm³/mol. The Morgan fingerprint density at radius 2 is 0.879 bits per heavy atom. The summed E-state index contributed by atoms with van der Waals surface area (Å²) in [5, 5.41) is 0. The minimum atomic E-state index is -0.888. The third kappa shape index (κ3) is 6.64. The van der Waals surface area contributed by atoms with E-state index >= 15 is 0 Å². The molecule has 0 aliphatic carbocycles. The SMILES string of the molecule is Cc1ccc(-c2ccc(C(C)(C)c3ccc(-c4ccc(N5C(=O)c6ccc(C(=O)OCOC(=O)c7ccc8c(c7)C(=O)N(C)C8=O)cc6C5=O)cc4)cc3)cc2)cc1. The Hall–Kier alpha value is -7.46. The maximum atomic E-state index is 13.5. The van der Waals surface area contributed by atoms with E-state index in [4.69, 9.17) is 9.47 Å². The van der Waals surface area contributed by atoms with Crippen molar-refractivity contribution >= 4 is 41.3 Å². The van der Waals surface area contributed by atoms with Gasteiger partial charge >= 0.3 is 11.9 Å². The van der Waals surface area contributed by atoms with Gasteiger partial charge in [-0.25, -0.2) is 14.5 Å². The Balaban J connectivity index is 0.896. The average molecular weight is 769 g/mol.